The quantitative estimate of drug-likeness (QED) is 0.428. The van der Waals surface area contributed by atoms with Crippen LogP contribution in [0.15, 0.2) is 35.6 Å². The number of aliphatic hydroxyl groups excluding tert-OH is 1. The number of carbonyl (C=O) groups excluding carboxylic acids is 1. The molecule has 0 saturated heterocycles. The maximum absolute atomic E-state index is 11.4. The summed E-state index contributed by atoms with van der Waals surface area (Å²) in [6.07, 6.45) is 2.88. The van der Waals surface area contributed by atoms with Gasteiger partial charge in [-0.3, -0.25) is 4.79 Å². The molecule has 0 aliphatic rings. The van der Waals surface area contributed by atoms with Gasteiger partial charge in [0.25, 0.3) is 0 Å². The molecule has 130 valence electrons. The number of aliphatic hydroxyl groups is 1. The second kappa shape index (κ2) is 9.49. The Hall–Kier alpha value is -1.79. The summed E-state index contributed by atoms with van der Waals surface area (Å²) in [5.74, 6) is 0.631. The summed E-state index contributed by atoms with van der Waals surface area (Å²) in [5, 5.41) is 10.4. The Labute approximate surface area is 147 Å². The van der Waals surface area contributed by atoms with Gasteiger partial charge in [0.05, 0.1) is 25.1 Å². The number of hydrogen-bond acceptors (Lipinski definition) is 5. The fraction of sp³-hybridized carbons (Fsp3) is 0.444. The van der Waals surface area contributed by atoms with Gasteiger partial charge in [0, 0.05) is 18.7 Å². The first-order valence-corrected chi connectivity index (χ1v) is 9.11. The van der Waals surface area contributed by atoms with Crippen molar-refractivity contribution in [2.24, 2.45) is 0 Å². The zero-order chi connectivity index (χ0) is 17.4. The van der Waals surface area contributed by atoms with Gasteiger partial charge in [-0.05, 0) is 25.8 Å². The highest BCUT2D eigenvalue weighted by Gasteiger charge is 2.11. The Bertz CT molecular complexity index is 670. The van der Waals surface area contributed by atoms with Crippen molar-refractivity contribution in [1.82, 2.24) is 9.55 Å². The molecule has 5 nitrogen and oxygen atoms in total. The molecule has 0 fully saturated rings. The van der Waals surface area contributed by atoms with Gasteiger partial charge < -0.3 is 14.4 Å². The number of carbonyl (C=O) groups is 1. The molecule has 2 aromatic rings. The van der Waals surface area contributed by atoms with E-state index in [4.69, 9.17) is 4.74 Å². The number of thioether (sulfide) groups is 1. The monoisotopic (exact) mass is 348 g/mol. The zero-order valence-electron chi connectivity index (χ0n) is 14.2. The number of aryl methyl sites for hydroxylation is 1. The molecule has 1 heterocycles. The van der Waals surface area contributed by atoms with Gasteiger partial charge in [-0.15, -0.1) is 0 Å². The number of esters is 1. The first kappa shape index (κ1) is 18.5. The molecule has 0 aliphatic heterocycles. The predicted octanol–water partition coefficient (Wildman–Crippen LogP) is 3.17. The van der Waals surface area contributed by atoms with Crippen molar-refractivity contribution in [3.05, 3.63) is 47.3 Å². The first-order chi connectivity index (χ1) is 11.6. The Morgan fingerprint density at radius 1 is 1.42 bits per heavy atom. The number of ether oxygens (including phenoxy) is 1. The lowest BCUT2D eigenvalue weighted by atomic mass is 10.1. The minimum absolute atomic E-state index is 0.0395. The van der Waals surface area contributed by atoms with E-state index in [0.29, 0.717) is 19.6 Å². The van der Waals surface area contributed by atoms with E-state index in [1.165, 1.54) is 11.1 Å². The minimum Gasteiger partial charge on any atom is -0.466 e. The van der Waals surface area contributed by atoms with E-state index in [1.807, 2.05) is 17.6 Å². The maximum atomic E-state index is 11.4. The largest absolute Gasteiger partial charge is 0.466 e. The highest BCUT2D eigenvalue weighted by atomic mass is 32.2. The summed E-state index contributed by atoms with van der Waals surface area (Å²) in [4.78, 5) is 15.8. The molecule has 1 N–H and O–H groups in total. The number of imidazole rings is 1. The average Bonchev–Trinajstić information content (AvgIpc) is 2.94. The number of hydrogen-bond donors (Lipinski definition) is 1. The van der Waals surface area contributed by atoms with Gasteiger partial charge >= 0.3 is 5.97 Å². The zero-order valence-corrected chi connectivity index (χ0v) is 15.0. The molecule has 1 aromatic carbocycles. The molecule has 0 radical (unpaired) electrons. The van der Waals surface area contributed by atoms with Crippen molar-refractivity contribution in [3.63, 3.8) is 0 Å². The molecule has 0 amide bonds. The molecule has 0 unspecified atom stereocenters. The summed E-state index contributed by atoms with van der Waals surface area (Å²) < 4.78 is 6.96. The molecule has 2 rings (SSSR count). The van der Waals surface area contributed by atoms with E-state index >= 15 is 0 Å². The Kier molecular flexibility index (Phi) is 7.34. The van der Waals surface area contributed by atoms with E-state index in [0.717, 1.165) is 23.0 Å². The standard InChI is InChI=1S/C18H24N2O3S/c1-3-23-17(22)8-5-9-24-18-19-11-16(13-21)20(18)12-15-7-4-6-14(2)10-15/h4,6-7,10-11,21H,3,5,8-9,12-13H2,1-2H3. The van der Waals surface area contributed by atoms with Crippen LogP contribution in [0.3, 0.4) is 0 Å². The van der Waals surface area contributed by atoms with E-state index < -0.39 is 0 Å². The third kappa shape index (κ3) is 5.39. The van der Waals surface area contributed by atoms with Gasteiger partial charge in [0.2, 0.25) is 0 Å². The maximum Gasteiger partial charge on any atom is 0.305 e. The predicted molar refractivity (Wildman–Crippen MR) is 95.0 cm³/mol. The Morgan fingerprint density at radius 2 is 2.25 bits per heavy atom. The lowest BCUT2D eigenvalue weighted by molar-refractivity contribution is -0.143. The van der Waals surface area contributed by atoms with E-state index in [-0.39, 0.29) is 12.6 Å². The molecule has 0 saturated carbocycles. The summed E-state index contributed by atoms with van der Waals surface area (Å²) >= 11 is 1.60. The van der Waals surface area contributed by atoms with E-state index in [2.05, 4.69) is 30.1 Å². The fourth-order valence-electron chi connectivity index (χ4n) is 2.41. The average molecular weight is 348 g/mol. The minimum atomic E-state index is -0.155. The highest BCUT2D eigenvalue weighted by molar-refractivity contribution is 7.99. The SMILES string of the molecule is CCOC(=O)CCCSc1ncc(CO)n1Cc1cccc(C)c1. The summed E-state index contributed by atoms with van der Waals surface area (Å²) in [6, 6.07) is 8.31. The van der Waals surface area contributed by atoms with Crippen molar-refractivity contribution in [2.75, 3.05) is 12.4 Å². The lowest BCUT2D eigenvalue weighted by Gasteiger charge is -2.11. The van der Waals surface area contributed by atoms with Crippen LogP contribution < -0.4 is 0 Å². The van der Waals surface area contributed by atoms with Crippen molar-refractivity contribution in [1.29, 1.82) is 0 Å². The van der Waals surface area contributed by atoms with Crippen LogP contribution in [-0.4, -0.2) is 33.0 Å². The van der Waals surface area contributed by atoms with Gasteiger partial charge in [0.15, 0.2) is 5.16 Å². The van der Waals surface area contributed by atoms with Gasteiger partial charge in [0.1, 0.15) is 0 Å². The van der Waals surface area contributed by atoms with E-state index in [1.54, 1.807) is 18.0 Å². The normalized spacial score (nSPS) is 10.8. The molecule has 0 aliphatic carbocycles. The summed E-state index contributed by atoms with van der Waals surface area (Å²) in [5.41, 5.74) is 3.18. The first-order valence-electron chi connectivity index (χ1n) is 8.13. The van der Waals surface area contributed by atoms with Crippen LogP contribution in [0.2, 0.25) is 0 Å². The third-order valence-corrected chi connectivity index (χ3v) is 4.63. The molecule has 0 bridgehead atoms. The topological polar surface area (TPSA) is 64.3 Å². The van der Waals surface area contributed by atoms with E-state index in [9.17, 15) is 9.90 Å². The van der Waals surface area contributed by atoms with Crippen LogP contribution in [0.25, 0.3) is 0 Å². The summed E-state index contributed by atoms with van der Waals surface area (Å²) in [6.45, 7) is 4.94. The molecular formula is C18H24N2O3S. The fourth-order valence-corrected chi connectivity index (χ4v) is 3.34. The number of nitrogens with zero attached hydrogens (tertiary/aromatic N) is 2. The van der Waals surface area contributed by atoms with Gasteiger partial charge in [-0.2, -0.15) is 0 Å². The second-order valence-corrected chi connectivity index (χ2v) is 6.58. The molecule has 1 aromatic heterocycles. The summed E-state index contributed by atoms with van der Waals surface area (Å²) in [7, 11) is 0. The highest BCUT2D eigenvalue weighted by Crippen LogP contribution is 2.22. The van der Waals surface area contributed by atoms with Crippen molar-refractivity contribution < 1.29 is 14.6 Å². The number of aromatic nitrogens is 2. The van der Waals surface area contributed by atoms with Crippen LogP contribution >= 0.6 is 11.8 Å². The molecule has 0 spiro atoms. The van der Waals surface area contributed by atoms with Crippen molar-refractivity contribution in [2.45, 2.75) is 45.0 Å². The smallest absolute Gasteiger partial charge is 0.305 e. The molecule has 6 heteroatoms. The molecule has 24 heavy (non-hydrogen) atoms. The van der Waals surface area contributed by atoms with Gasteiger partial charge in [-0.25, -0.2) is 4.98 Å². The molecule has 0 atom stereocenters. The van der Waals surface area contributed by atoms with Crippen molar-refractivity contribution >= 4 is 17.7 Å². The Balaban J connectivity index is 1.98. The third-order valence-electron chi connectivity index (χ3n) is 3.55. The number of rotatable bonds is 9. The molecular weight excluding hydrogens is 324 g/mol. The van der Waals surface area contributed by atoms with Crippen LogP contribution in [0.1, 0.15) is 36.6 Å². The van der Waals surface area contributed by atoms with Crippen LogP contribution in [-0.2, 0) is 22.7 Å². The number of benzene rings is 1. The lowest BCUT2D eigenvalue weighted by Crippen LogP contribution is -2.07. The van der Waals surface area contributed by atoms with Crippen LogP contribution in [0.4, 0.5) is 0 Å². The van der Waals surface area contributed by atoms with Crippen LogP contribution in [0, 0.1) is 6.92 Å². The van der Waals surface area contributed by atoms with Crippen LogP contribution in [0.5, 0.6) is 0 Å². The van der Waals surface area contributed by atoms with Crippen molar-refractivity contribution in [3.8, 4) is 0 Å². The second-order valence-electron chi connectivity index (χ2n) is 5.52. The van der Waals surface area contributed by atoms with Gasteiger partial charge in [-0.1, -0.05) is 41.6 Å². The Morgan fingerprint density at radius 3 is 2.96 bits per heavy atom.